The number of rotatable bonds is 7. The first-order valence-electron chi connectivity index (χ1n) is 13.2. The lowest BCUT2D eigenvalue weighted by molar-refractivity contribution is -0.139. The van der Waals surface area contributed by atoms with Crippen LogP contribution in [-0.4, -0.2) is 76.0 Å². The lowest BCUT2D eigenvalue weighted by atomic mass is 9.81. The molecule has 0 aromatic carbocycles. The Bertz CT molecular complexity index is 931. The standard InChI is InChI=1S/C26H43BN4O6/c1-17(2)20(30-23(33)35-24(3,4)5)21(32)31-13-11-10-12-19(31)16-34-22-28-14-18(15-29-22)27-36-25(6,7)26(8,9)37-27/h14-15,17,19-20H,10-13,16H2,1-9H3,(H,30,33)/t19-,20-/m0/s1. The van der Waals surface area contributed by atoms with Crippen molar-refractivity contribution >= 4 is 24.6 Å². The van der Waals surface area contributed by atoms with Crippen LogP contribution >= 0.6 is 0 Å². The minimum Gasteiger partial charge on any atom is -0.461 e. The summed E-state index contributed by atoms with van der Waals surface area (Å²) >= 11 is 0. The number of likely N-dealkylation sites (tertiary alicyclic amines) is 1. The van der Waals surface area contributed by atoms with Gasteiger partial charge in [0.05, 0.1) is 17.2 Å². The molecule has 206 valence electrons. The molecule has 2 amide bonds. The molecule has 2 aliphatic heterocycles. The monoisotopic (exact) mass is 518 g/mol. The van der Waals surface area contributed by atoms with Crippen LogP contribution < -0.4 is 15.5 Å². The number of amides is 2. The zero-order valence-electron chi connectivity index (χ0n) is 23.8. The van der Waals surface area contributed by atoms with Crippen molar-refractivity contribution in [2.24, 2.45) is 5.92 Å². The second-order valence-corrected chi connectivity index (χ2v) is 12.2. The van der Waals surface area contributed by atoms with Gasteiger partial charge < -0.3 is 29.0 Å². The predicted molar refractivity (Wildman–Crippen MR) is 141 cm³/mol. The third-order valence-electron chi connectivity index (χ3n) is 7.09. The molecule has 3 rings (SSSR count). The molecule has 2 saturated heterocycles. The summed E-state index contributed by atoms with van der Waals surface area (Å²) in [6, 6.07) is -0.606. The number of piperidine rings is 1. The van der Waals surface area contributed by atoms with E-state index in [-0.39, 0.29) is 30.5 Å². The summed E-state index contributed by atoms with van der Waals surface area (Å²) < 4.78 is 23.4. The summed E-state index contributed by atoms with van der Waals surface area (Å²) in [5.41, 5.74) is -0.825. The van der Waals surface area contributed by atoms with E-state index < -0.39 is 36.1 Å². The lowest BCUT2D eigenvalue weighted by Gasteiger charge is -2.38. The van der Waals surface area contributed by atoms with E-state index in [0.29, 0.717) is 12.0 Å². The number of nitrogens with zero attached hydrogens (tertiary/aromatic N) is 3. The Balaban J connectivity index is 1.62. The first-order valence-corrected chi connectivity index (χ1v) is 13.2. The third-order valence-corrected chi connectivity index (χ3v) is 7.09. The number of hydrogen-bond donors (Lipinski definition) is 1. The Hall–Kier alpha value is -2.40. The van der Waals surface area contributed by atoms with Gasteiger partial charge in [0.1, 0.15) is 18.2 Å². The number of aromatic nitrogens is 2. The molecule has 2 fully saturated rings. The Morgan fingerprint density at radius 3 is 2.27 bits per heavy atom. The Labute approximate surface area is 221 Å². The van der Waals surface area contributed by atoms with Crippen molar-refractivity contribution in [1.29, 1.82) is 0 Å². The summed E-state index contributed by atoms with van der Waals surface area (Å²) in [5.74, 6) is -0.236. The molecule has 11 heteroatoms. The molecule has 1 aromatic heterocycles. The molecule has 2 aliphatic rings. The van der Waals surface area contributed by atoms with E-state index >= 15 is 0 Å². The molecule has 2 atom stereocenters. The second-order valence-electron chi connectivity index (χ2n) is 12.2. The fourth-order valence-corrected chi connectivity index (χ4v) is 4.26. The Kier molecular flexibility index (Phi) is 8.79. The SMILES string of the molecule is CC(C)[C@H](NC(=O)OC(C)(C)C)C(=O)N1CCCC[C@H]1COc1ncc(B2OC(C)(C)C(C)(C)O2)cn1. The van der Waals surface area contributed by atoms with E-state index in [1.54, 1.807) is 33.2 Å². The van der Waals surface area contributed by atoms with E-state index in [0.717, 1.165) is 19.3 Å². The lowest BCUT2D eigenvalue weighted by Crippen LogP contribution is -2.56. The van der Waals surface area contributed by atoms with Crippen LogP contribution in [0.1, 0.15) is 81.6 Å². The van der Waals surface area contributed by atoms with Gasteiger partial charge in [-0.2, -0.15) is 0 Å². The van der Waals surface area contributed by atoms with Gasteiger partial charge in [0.15, 0.2) is 0 Å². The van der Waals surface area contributed by atoms with Gasteiger partial charge in [-0.25, -0.2) is 14.8 Å². The van der Waals surface area contributed by atoms with Crippen molar-refractivity contribution < 1.29 is 28.4 Å². The minimum absolute atomic E-state index is 0.102. The average Bonchev–Trinajstić information content (AvgIpc) is 3.01. The zero-order chi connectivity index (χ0) is 27.6. The van der Waals surface area contributed by atoms with Crippen LogP contribution in [0, 0.1) is 5.92 Å². The summed E-state index contributed by atoms with van der Waals surface area (Å²) in [6.45, 7) is 18.0. The molecule has 0 aliphatic carbocycles. The summed E-state index contributed by atoms with van der Waals surface area (Å²) in [7, 11) is -0.545. The molecule has 0 spiro atoms. The van der Waals surface area contributed by atoms with Crippen LogP contribution in [0.3, 0.4) is 0 Å². The second kappa shape index (κ2) is 11.1. The highest BCUT2D eigenvalue weighted by molar-refractivity contribution is 6.61. The fraction of sp³-hybridized carbons (Fsp3) is 0.769. The molecule has 0 unspecified atom stereocenters. The first kappa shape index (κ1) is 29.2. The van der Waals surface area contributed by atoms with Gasteiger partial charge in [0.2, 0.25) is 5.91 Å². The van der Waals surface area contributed by atoms with E-state index in [1.807, 2.05) is 46.4 Å². The smallest absolute Gasteiger partial charge is 0.461 e. The van der Waals surface area contributed by atoms with Crippen LogP contribution in [0.2, 0.25) is 0 Å². The molecule has 37 heavy (non-hydrogen) atoms. The molecule has 1 N–H and O–H groups in total. The number of ether oxygens (including phenoxy) is 2. The maximum absolute atomic E-state index is 13.5. The van der Waals surface area contributed by atoms with Crippen LogP contribution in [0.15, 0.2) is 12.4 Å². The van der Waals surface area contributed by atoms with Crippen LogP contribution in [-0.2, 0) is 18.8 Å². The fourth-order valence-electron chi connectivity index (χ4n) is 4.26. The number of hydrogen-bond acceptors (Lipinski definition) is 8. The van der Waals surface area contributed by atoms with Crippen molar-refractivity contribution in [3.8, 4) is 6.01 Å². The molecule has 0 saturated carbocycles. The van der Waals surface area contributed by atoms with Crippen LogP contribution in [0.5, 0.6) is 6.01 Å². The molecule has 0 bridgehead atoms. The molecule has 10 nitrogen and oxygen atoms in total. The molecule has 1 aromatic rings. The number of nitrogens with one attached hydrogen (secondary N) is 1. The van der Waals surface area contributed by atoms with Crippen molar-refractivity contribution in [3.63, 3.8) is 0 Å². The number of carbonyl (C=O) groups is 2. The Morgan fingerprint density at radius 2 is 1.73 bits per heavy atom. The Morgan fingerprint density at radius 1 is 1.14 bits per heavy atom. The van der Waals surface area contributed by atoms with E-state index in [1.165, 1.54) is 0 Å². The largest absolute Gasteiger partial charge is 0.498 e. The minimum atomic E-state index is -0.689. The average molecular weight is 518 g/mol. The maximum Gasteiger partial charge on any atom is 0.498 e. The van der Waals surface area contributed by atoms with E-state index in [4.69, 9.17) is 18.8 Å². The van der Waals surface area contributed by atoms with Gasteiger partial charge >= 0.3 is 19.2 Å². The van der Waals surface area contributed by atoms with E-state index in [2.05, 4.69) is 15.3 Å². The van der Waals surface area contributed by atoms with Gasteiger partial charge in [-0.1, -0.05) is 13.8 Å². The number of alkyl carbamates (subject to hydrolysis) is 1. The van der Waals surface area contributed by atoms with Crippen molar-refractivity contribution in [3.05, 3.63) is 12.4 Å². The molecular weight excluding hydrogens is 475 g/mol. The van der Waals surface area contributed by atoms with Crippen LogP contribution in [0.25, 0.3) is 0 Å². The number of carbonyl (C=O) groups excluding carboxylic acids is 2. The van der Waals surface area contributed by atoms with Gasteiger partial charge in [-0.15, -0.1) is 0 Å². The normalized spacial score (nSPS) is 22.1. The van der Waals surface area contributed by atoms with Gasteiger partial charge in [-0.05, 0) is 73.6 Å². The summed E-state index contributed by atoms with van der Waals surface area (Å²) in [6.07, 6.45) is 5.39. The summed E-state index contributed by atoms with van der Waals surface area (Å²) in [4.78, 5) is 36.4. The topological polar surface area (TPSA) is 112 Å². The van der Waals surface area contributed by atoms with E-state index in [9.17, 15) is 9.59 Å². The highest BCUT2D eigenvalue weighted by Crippen LogP contribution is 2.36. The molecule has 3 heterocycles. The summed E-state index contributed by atoms with van der Waals surface area (Å²) in [5, 5.41) is 2.77. The first-order chi connectivity index (χ1) is 17.1. The van der Waals surface area contributed by atoms with Crippen molar-refractivity contribution in [2.75, 3.05) is 13.2 Å². The van der Waals surface area contributed by atoms with Crippen LogP contribution in [0.4, 0.5) is 4.79 Å². The highest BCUT2D eigenvalue weighted by Gasteiger charge is 2.52. The van der Waals surface area contributed by atoms with Crippen molar-refractivity contribution in [1.82, 2.24) is 20.2 Å². The maximum atomic E-state index is 13.5. The van der Waals surface area contributed by atoms with Crippen molar-refractivity contribution in [2.45, 2.75) is 110 Å². The van der Waals surface area contributed by atoms with Gasteiger partial charge in [-0.3, -0.25) is 4.79 Å². The molecular formula is C26H43BN4O6. The zero-order valence-corrected chi connectivity index (χ0v) is 23.8. The molecule has 0 radical (unpaired) electrons. The third kappa shape index (κ3) is 7.34. The highest BCUT2D eigenvalue weighted by atomic mass is 16.7. The predicted octanol–water partition coefficient (Wildman–Crippen LogP) is 3.09. The van der Waals surface area contributed by atoms with Gasteiger partial charge in [0.25, 0.3) is 0 Å². The van der Waals surface area contributed by atoms with Gasteiger partial charge in [0, 0.05) is 24.4 Å². The quantitative estimate of drug-likeness (QED) is 0.549.